The Balaban J connectivity index is 1.96. The third kappa shape index (κ3) is 3.66. The molecule has 0 spiro atoms. The van der Waals surface area contributed by atoms with Gasteiger partial charge < -0.3 is 10.4 Å². The van der Waals surface area contributed by atoms with E-state index < -0.39 is 6.10 Å². The van der Waals surface area contributed by atoms with E-state index in [4.69, 9.17) is 0 Å². The fourth-order valence-corrected chi connectivity index (χ4v) is 3.33. The number of halogens is 1. The summed E-state index contributed by atoms with van der Waals surface area (Å²) in [6, 6.07) is 8.44. The van der Waals surface area contributed by atoms with Crippen LogP contribution in [0.1, 0.15) is 40.0 Å². The van der Waals surface area contributed by atoms with E-state index >= 15 is 0 Å². The molecule has 2 aromatic rings. The molecule has 0 aliphatic heterocycles. The summed E-state index contributed by atoms with van der Waals surface area (Å²) in [5.41, 5.74) is 1.86. The van der Waals surface area contributed by atoms with Crippen LogP contribution in [-0.4, -0.2) is 11.7 Å². The van der Waals surface area contributed by atoms with E-state index in [1.165, 1.54) is 27.5 Å². The van der Waals surface area contributed by atoms with Crippen molar-refractivity contribution in [1.82, 2.24) is 5.32 Å². The molecule has 0 bridgehead atoms. The highest BCUT2D eigenvalue weighted by molar-refractivity contribution is 7.12. The second-order valence-electron chi connectivity index (χ2n) is 5.07. The van der Waals surface area contributed by atoms with Gasteiger partial charge >= 0.3 is 0 Å². The quantitative estimate of drug-likeness (QED) is 0.876. The largest absolute Gasteiger partial charge is 0.387 e. The minimum atomic E-state index is -0.701. The van der Waals surface area contributed by atoms with E-state index in [9.17, 15) is 9.50 Å². The first-order valence-electron chi connectivity index (χ1n) is 6.71. The van der Waals surface area contributed by atoms with Crippen LogP contribution in [0.5, 0.6) is 0 Å². The molecule has 2 nitrogen and oxygen atoms in total. The molecule has 2 rings (SSSR count). The molecule has 108 valence electrons. The molecule has 20 heavy (non-hydrogen) atoms. The number of aryl methyl sites for hydroxylation is 2. The SMILES string of the molecule is Cc1cc(C(C)NCC(O)c2cccc(F)c2)c(C)s1. The summed E-state index contributed by atoms with van der Waals surface area (Å²) >= 11 is 1.78. The highest BCUT2D eigenvalue weighted by Gasteiger charge is 2.14. The van der Waals surface area contributed by atoms with Crippen LogP contribution in [0.4, 0.5) is 4.39 Å². The predicted molar refractivity (Wildman–Crippen MR) is 81.6 cm³/mol. The van der Waals surface area contributed by atoms with Crippen molar-refractivity contribution in [2.45, 2.75) is 32.9 Å². The third-order valence-corrected chi connectivity index (χ3v) is 4.38. The van der Waals surface area contributed by atoms with Crippen LogP contribution < -0.4 is 5.32 Å². The molecule has 0 saturated carbocycles. The highest BCUT2D eigenvalue weighted by atomic mass is 32.1. The summed E-state index contributed by atoms with van der Waals surface area (Å²) in [7, 11) is 0. The van der Waals surface area contributed by atoms with Crippen molar-refractivity contribution in [1.29, 1.82) is 0 Å². The first kappa shape index (κ1) is 15.2. The molecule has 0 fully saturated rings. The van der Waals surface area contributed by atoms with Crippen LogP contribution in [0.25, 0.3) is 0 Å². The van der Waals surface area contributed by atoms with Crippen molar-refractivity contribution >= 4 is 11.3 Å². The molecule has 0 radical (unpaired) electrons. The lowest BCUT2D eigenvalue weighted by Gasteiger charge is -2.17. The van der Waals surface area contributed by atoms with Crippen LogP contribution >= 0.6 is 11.3 Å². The van der Waals surface area contributed by atoms with Gasteiger partial charge in [-0.15, -0.1) is 11.3 Å². The van der Waals surface area contributed by atoms with Crippen LogP contribution in [0.2, 0.25) is 0 Å². The van der Waals surface area contributed by atoms with Crippen molar-refractivity contribution in [3.8, 4) is 0 Å². The number of rotatable bonds is 5. The Morgan fingerprint density at radius 3 is 2.65 bits per heavy atom. The van der Waals surface area contributed by atoms with Gasteiger partial charge in [-0.05, 0) is 50.1 Å². The molecule has 0 saturated heterocycles. The van der Waals surface area contributed by atoms with Gasteiger partial charge in [0.2, 0.25) is 0 Å². The van der Waals surface area contributed by atoms with Crippen LogP contribution in [-0.2, 0) is 0 Å². The van der Waals surface area contributed by atoms with Gasteiger partial charge in [-0.3, -0.25) is 0 Å². The summed E-state index contributed by atoms with van der Waals surface area (Å²) in [6.45, 7) is 6.68. The number of hydrogen-bond donors (Lipinski definition) is 2. The Hall–Kier alpha value is -1.23. The Labute approximate surface area is 123 Å². The summed E-state index contributed by atoms with van der Waals surface area (Å²) in [4.78, 5) is 2.58. The Morgan fingerprint density at radius 1 is 1.30 bits per heavy atom. The molecular formula is C16H20FNOS. The summed E-state index contributed by atoms with van der Waals surface area (Å²) in [5.74, 6) is -0.320. The van der Waals surface area contributed by atoms with Gasteiger partial charge in [-0.25, -0.2) is 4.39 Å². The zero-order valence-electron chi connectivity index (χ0n) is 12.0. The number of nitrogens with one attached hydrogen (secondary N) is 1. The van der Waals surface area contributed by atoms with Gasteiger partial charge in [0.15, 0.2) is 0 Å². The summed E-state index contributed by atoms with van der Waals surface area (Å²) in [5, 5.41) is 13.4. The number of thiophene rings is 1. The van der Waals surface area contributed by atoms with Crippen molar-refractivity contribution < 1.29 is 9.50 Å². The topological polar surface area (TPSA) is 32.3 Å². The standard InChI is InChI=1S/C16H20FNOS/c1-10-7-15(12(3)20-10)11(2)18-9-16(19)13-5-4-6-14(17)8-13/h4-8,11,16,18-19H,9H2,1-3H3. The second-order valence-corrected chi connectivity index (χ2v) is 6.53. The number of hydrogen-bond acceptors (Lipinski definition) is 3. The van der Waals surface area contributed by atoms with Gasteiger partial charge in [0.25, 0.3) is 0 Å². The van der Waals surface area contributed by atoms with Crippen molar-refractivity contribution in [2.24, 2.45) is 0 Å². The zero-order valence-corrected chi connectivity index (χ0v) is 12.8. The Bertz CT molecular complexity index is 582. The predicted octanol–water partition coefficient (Wildman–Crippen LogP) is 3.89. The first-order valence-corrected chi connectivity index (χ1v) is 7.53. The zero-order chi connectivity index (χ0) is 14.7. The van der Waals surface area contributed by atoms with Gasteiger partial charge in [0.1, 0.15) is 5.82 Å². The van der Waals surface area contributed by atoms with Crippen LogP contribution in [0.3, 0.4) is 0 Å². The summed E-state index contributed by atoms with van der Waals surface area (Å²) in [6.07, 6.45) is -0.701. The summed E-state index contributed by atoms with van der Waals surface area (Å²) < 4.78 is 13.1. The number of aliphatic hydroxyl groups is 1. The minimum Gasteiger partial charge on any atom is -0.387 e. The fourth-order valence-electron chi connectivity index (χ4n) is 2.31. The van der Waals surface area contributed by atoms with E-state index in [-0.39, 0.29) is 11.9 Å². The van der Waals surface area contributed by atoms with E-state index in [0.29, 0.717) is 12.1 Å². The molecule has 4 heteroatoms. The monoisotopic (exact) mass is 293 g/mol. The van der Waals surface area contributed by atoms with Crippen molar-refractivity contribution in [3.63, 3.8) is 0 Å². The van der Waals surface area contributed by atoms with Gasteiger partial charge in [-0.1, -0.05) is 12.1 Å². The molecule has 2 unspecified atom stereocenters. The fraction of sp³-hybridized carbons (Fsp3) is 0.375. The van der Waals surface area contributed by atoms with E-state index in [2.05, 4.69) is 32.2 Å². The Morgan fingerprint density at radius 2 is 2.05 bits per heavy atom. The van der Waals surface area contributed by atoms with Crippen molar-refractivity contribution in [2.75, 3.05) is 6.54 Å². The highest BCUT2D eigenvalue weighted by Crippen LogP contribution is 2.26. The Kier molecular flexibility index (Phi) is 4.91. The lowest BCUT2D eigenvalue weighted by atomic mass is 10.1. The van der Waals surface area contributed by atoms with E-state index in [0.717, 1.165) is 0 Å². The second kappa shape index (κ2) is 6.48. The lowest BCUT2D eigenvalue weighted by molar-refractivity contribution is 0.170. The smallest absolute Gasteiger partial charge is 0.123 e. The van der Waals surface area contributed by atoms with E-state index in [1.54, 1.807) is 23.5 Å². The molecule has 1 aromatic carbocycles. The maximum Gasteiger partial charge on any atom is 0.123 e. The van der Waals surface area contributed by atoms with Gasteiger partial charge in [0, 0.05) is 22.3 Å². The van der Waals surface area contributed by atoms with Crippen LogP contribution in [0, 0.1) is 19.7 Å². The minimum absolute atomic E-state index is 0.170. The molecule has 1 heterocycles. The lowest BCUT2D eigenvalue weighted by Crippen LogP contribution is -2.24. The van der Waals surface area contributed by atoms with Crippen LogP contribution in [0.15, 0.2) is 30.3 Å². The van der Waals surface area contributed by atoms with E-state index in [1.807, 2.05) is 0 Å². The molecule has 0 amide bonds. The number of aliphatic hydroxyl groups excluding tert-OH is 1. The average molecular weight is 293 g/mol. The molecular weight excluding hydrogens is 273 g/mol. The molecule has 1 aromatic heterocycles. The number of benzene rings is 1. The van der Waals surface area contributed by atoms with Gasteiger partial charge in [0.05, 0.1) is 6.10 Å². The maximum absolute atomic E-state index is 13.1. The van der Waals surface area contributed by atoms with Crippen molar-refractivity contribution in [3.05, 3.63) is 57.0 Å². The first-order chi connectivity index (χ1) is 9.47. The normalized spacial score (nSPS) is 14.2. The maximum atomic E-state index is 13.1. The average Bonchev–Trinajstić information content (AvgIpc) is 2.74. The molecule has 2 atom stereocenters. The molecule has 0 aliphatic rings. The molecule has 0 aliphatic carbocycles. The molecule has 2 N–H and O–H groups in total. The van der Waals surface area contributed by atoms with Gasteiger partial charge in [-0.2, -0.15) is 0 Å². The third-order valence-electron chi connectivity index (χ3n) is 3.40.